The van der Waals surface area contributed by atoms with Crippen molar-refractivity contribution in [2.24, 2.45) is 0 Å². The van der Waals surface area contributed by atoms with Gasteiger partial charge in [-0.1, -0.05) is 11.6 Å². The van der Waals surface area contributed by atoms with Gasteiger partial charge in [-0.05, 0) is 13.8 Å². The molecule has 0 aromatic rings. The molecule has 0 amide bonds. The Bertz CT molecular complexity index is 39.0. The van der Waals surface area contributed by atoms with E-state index in [0.29, 0.717) is 0 Å². The molecule has 0 aromatic carbocycles. The van der Waals surface area contributed by atoms with Gasteiger partial charge in [0.2, 0.25) is 0 Å². The van der Waals surface area contributed by atoms with Crippen molar-refractivity contribution in [1.29, 1.82) is 0 Å². The fourth-order valence-electron chi connectivity index (χ4n) is 0.271. The predicted octanol–water partition coefficient (Wildman–Crippen LogP) is 0.926. The maximum absolute atomic E-state index is 8.42. The van der Waals surface area contributed by atoms with E-state index in [1.165, 1.54) is 6.92 Å². The van der Waals surface area contributed by atoms with E-state index in [4.69, 9.17) is 16.7 Å². The second-order valence-electron chi connectivity index (χ2n) is 1.28. The fraction of sp³-hybridized carbons (Fsp3) is 1.00. The van der Waals surface area contributed by atoms with Crippen LogP contribution < -0.4 is 0 Å². The van der Waals surface area contributed by atoms with E-state index < -0.39 is 11.9 Å². The van der Waals surface area contributed by atoms with Crippen molar-refractivity contribution in [2.45, 2.75) is 25.7 Å². The van der Waals surface area contributed by atoms with Gasteiger partial charge < -0.3 is 9.84 Å². The first kappa shape index (κ1) is 7.21. The molecule has 0 aliphatic carbocycles. The highest BCUT2D eigenvalue weighted by Crippen LogP contribution is 1.97. The SMILES string of the molecule is CC(O)OC(C)Cl. The summed E-state index contributed by atoms with van der Waals surface area (Å²) in [5.74, 6) is 0. The summed E-state index contributed by atoms with van der Waals surface area (Å²) in [6, 6.07) is 0. The van der Waals surface area contributed by atoms with Crippen molar-refractivity contribution in [3.8, 4) is 0 Å². The van der Waals surface area contributed by atoms with Crippen molar-refractivity contribution in [3.63, 3.8) is 0 Å². The molecular formula is C4H9ClO2. The van der Waals surface area contributed by atoms with Gasteiger partial charge >= 0.3 is 0 Å². The van der Waals surface area contributed by atoms with Gasteiger partial charge in [-0.2, -0.15) is 0 Å². The Morgan fingerprint density at radius 1 is 1.57 bits per heavy atom. The van der Waals surface area contributed by atoms with Crippen LogP contribution in [0.1, 0.15) is 13.8 Å². The Labute approximate surface area is 48.0 Å². The molecule has 0 saturated heterocycles. The van der Waals surface area contributed by atoms with Crippen LogP contribution in [0.3, 0.4) is 0 Å². The van der Waals surface area contributed by atoms with Crippen LogP contribution in [-0.2, 0) is 4.74 Å². The Morgan fingerprint density at radius 2 is 2.00 bits per heavy atom. The zero-order valence-corrected chi connectivity index (χ0v) is 5.14. The van der Waals surface area contributed by atoms with Crippen molar-refractivity contribution in [2.75, 3.05) is 0 Å². The van der Waals surface area contributed by atoms with Gasteiger partial charge in [-0.15, -0.1) is 0 Å². The molecule has 2 atom stereocenters. The van der Waals surface area contributed by atoms with Crippen LogP contribution in [0.2, 0.25) is 0 Å². The zero-order valence-electron chi connectivity index (χ0n) is 4.39. The van der Waals surface area contributed by atoms with Gasteiger partial charge in [0, 0.05) is 0 Å². The lowest BCUT2D eigenvalue weighted by Gasteiger charge is -2.06. The molecule has 1 N–H and O–H groups in total. The number of aliphatic hydroxyl groups is 1. The Kier molecular flexibility index (Phi) is 3.34. The number of hydrogen-bond donors (Lipinski definition) is 1. The molecule has 0 aliphatic heterocycles. The predicted molar refractivity (Wildman–Crippen MR) is 28.1 cm³/mol. The van der Waals surface area contributed by atoms with Gasteiger partial charge in [0.15, 0.2) is 6.29 Å². The van der Waals surface area contributed by atoms with Gasteiger partial charge in [0.25, 0.3) is 0 Å². The van der Waals surface area contributed by atoms with Crippen LogP contribution in [-0.4, -0.2) is 17.0 Å². The summed E-state index contributed by atoms with van der Waals surface area (Å²) in [5, 5.41) is 8.42. The largest absolute Gasteiger partial charge is 0.368 e. The minimum absolute atomic E-state index is 0.403. The molecule has 0 spiro atoms. The summed E-state index contributed by atoms with van der Waals surface area (Å²) in [5.41, 5.74) is -0.403. The van der Waals surface area contributed by atoms with Crippen molar-refractivity contribution >= 4 is 11.6 Å². The maximum Gasteiger partial charge on any atom is 0.153 e. The first-order valence-corrected chi connectivity index (χ1v) is 2.54. The average molecular weight is 125 g/mol. The van der Waals surface area contributed by atoms with E-state index in [9.17, 15) is 0 Å². The van der Waals surface area contributed by atoms with E-state index in [2.05, 4.69) is 4.74 Å². The van der Waals surface area contributed by atoms with E-state index in [-0.39, 0.29) is 0 Å². The molecule has 0 aromatic heterocycles. The van der Waals surface area contributed by atoms with Crippen molar-refractivity contribution in [3.05, 3.63) is 0 Å². The molecule has 0 rings (SSSR count). The van der Waals surface area contributed by atoms with Crippen LogP contribution >= 0.6 is 11.6 Å². The molecular weight excluding hydrogens is 115 g/mol. The summed E-state index contributed by atoms with van der Waals surface area (Å²) in [6.45, 7) is 3.16. The molecule has 3 heteroatoms. The number of ether oxygens (including phenoxy) is 1. The maximum atomic E-state index is 8.42. The minimum Gasteiger partial charge on any atom is -0.368 e. The van der Waals surface area contributed by atoms with Gasteiger partial charge in [0.1, 0.15) is 5.56 Å². The first-order valence-electron chi connectivity index (χ1n) is 2.10. The Morgan fingerprint density at radius 3 is 2.00 bits per heavy atom. The van der Waals surface area contributed by atoms with E-state index >= 15 is 0 Å². The second-order valence-corrected chi connectivity index (χ2v) is 1.89. The molecule has 0 saturated carbocycles. The smallest absolute Gasteiger partial charge is 0.153 e. The van der Waals surface area contributed by atoms with Crippen LogP contribution in [0.5, 0.6) is 0 Å². The Hall–Kier alpha value is 0.210. The summed E-state index contributed by atoms with van der Waals surface area (Å²) in [4.78, 5) is 0. The topological polar surface area (TPSA) is 29.5 Å². The third-order valence-corrected chi connectivity index (χ3v) is 0.487. The summed E-state index contributed by atoms with van der Waals surface area (Å²) in [7, 11) is 0. The first-order chi connectivity index (χ1) is 3.13. The molecule has 2 nitrogen and oxygen atoms in total. The summed E-state index contributed by atoms with van der Waals surface area (Å²) >= 11 is 5.29. The fourth-order valence-corrected chi connectivity index (χ4v) is 0.420. The van der Waals surface area contributed by atoms with E-state index in [0.717, 1.165) is 0 Å². The standard InChI is InChI=1S/C4H9ClO2/c1-3(5)7-4(2)6/h3-4,6H,1-2H3. The number of aliphatic hydroxyl groups excluding tert-OH is 1. The molecule has 2 unspecified atom stereocenters. The van der Waals surface area contributed by atoms with Crippen molar-refractivity contribution < 1.29 is 9.84 Å². The average Bonchev–Trinajstić information content (AvgIpc) is 1.27. The van der Waals surface area contributed by atoms with Gasteiger partial charge in [-0.25, -0.2) is 0 Å². The van der Waals surface area contributed by atoms with Crippen molar-refractivity contribution in [1.82, 2.24) is 0 Å². The lowest BCUT2D eigenvalue weighted by atomic mass is 10.7. The normalized spacial score (nSPS) is 18.9. The zero-order chi connectivity index (χ0) is 5.86. The molecule has 44 valence electrons. The molecule has 0 fully saturated rings. The summed E-state index contributed by atoms with van der Waals surface area (Å²) < 4.78 is 4.57. The highest BCUT2D eigenvalue weighted by Gasteiger charge is 1.97. The number of hydrogen-bond acceptors (Lipinski definition) is 2. The number of rotatable bonds is 2. The lowest BCUT2D eigenvalue weighted by Crippen LogP contribution is -2.10. The van der Waals surface area contributed by atoms with Crippen LogP contribution in [0.4, 0.5) is 0 Å². The van der Waals surface area contributed by atoms with Crippen LogP contribution in [0, 0.1) is 0 Å². The molecule has 0 radical (unpaired) electrons. The number of alkyl halides is 1. The quantitative estimate of drug-likeness (QED) is 0.438. The highest BCUT2D eigenvalue weighted by atomic mass is 35.5. The molecule has 7 heavy (non-hydrogen) atoms. The van der Waals surface area contributed by atoms with Crippen LogP contribution in [0.25, 0.3) is 0 Å². The molecule has 0 bridgehead atoms. The highest BCUT2D eigenvalue weighted by molar-refractivity contribution is 6.19. The van der Waals surface area contributed by atoms with E-state index in [1.54, 1.807) is 6.92 Å². The summed E-state index contributed by atoms with van der Waals surface area (Å²) in [6.07, 6.45) is -0.757. The van der Waals surface area contributed by atoms with E-state index in [1.807, 2.05) is 0 Å². The Balaban J connectivity index is 2.95. The third kappa shape index (κ3) is 6.21. The minimum atomic E-state index is -0.757. The number of halogens is 1. The monoisotopic (exact) mass is 124 g/mol. The van der Waals surface area contributed by atoms with Crippen LogP contribution in [0.15, 0.2) is 0 Å². The molecule has 0 aliphatic rings. The third-order valence-electron chi connectivity index (χ3n) is 0.384. The van der Waals surface area contributed by atoms with Gasteiger partial charge in [0.05, 0.1) is 0 Å². The molecule has 0 heterocycles. The second kappa shape index (κ2) is 3.24. The lowest BCUT2D eigenvalue weighted by molar-refractivity contribution is -0.0935. The van der Waals surface area contributed by atoms with Gasteiger partial charge in [-0.3, -0.25) is 0 Å².